The molecule has 0 saturated carbocycles. The molecule has 3 heteroatoms. The monoisotopic (exact) mass is 264 g/mol. The van der Waals surface area contributed by atoms with E-state index in [4.69, 9.17) is 9.47 Å². The van der Waals surface area contributed by atoms with Crippen LogP contribution in [0.2, 0.25) is 0 Å². The highest BCUT2D eigenvalue weighted by molar-refractivity contribution is 8.00. The minimum atomic E-state index is 0.0537. The molecule has 2 saturated heterocycles. The van der Waals surface area contributed by atoms with Crippen molar-refractivity contribution in [2.75, 3.05) is 13.2 Å². The topological polar surface area (TPSA) is 18.5 Å². The number of thioether (sulfide) groups is 1. The van der Waals surface area contributed by atoms with Crippen LogP contribution < -0.4 is 0 Å². The Kier molecular flexibility index (Phi) is 3.64. The van der Waals surface area contributed by atoms with Crippen LogP contribution in [-0.4, -0.2) is 30.2 Å². The molecule has 1 aromatic carbocycles. The van der Waals surface area contributed by atoms with E-state index in [1.54, 1.807) is 0 Å². The lowest BCUT2D eigenvalue weighted by molar-refractivity contribution is -0.0966. The SMILES string of the molecule is C[C@@H]1C[C@@H](Sc2ccccc2)C2(CCOCC2)O1. The maximum Gasteiger partial charge on any atom is 0.0852 e. The Labute approximate surface area is 113 Å². The van der Waals surface area contributed by atoms with E-state index in [-0.39, 0.29) is 5.60 Å². The molecular weight excluding hydrogens is 244 g/mol. The van der Waals surface area contributed by atoms with Crippen LogP contribution in [0.5, 0.6) is 0 Å². The molecule has 0 unspecified atom stereocenters. The lowest BCUT2D eigenvalue weighted by Gasteiger charge is -2.37. The van der Waals surface area contributed by atoms with Crippen LogP contribution in [0.4, 0.5) is 0 Å². The van der Waals surface area contributed by atoms with E-state index in [0.29, 0.717) is 11.4 Å². The highest BCUT2D eigenvalue weighted by Crippen LogP contribution is 2.46. The van der Waals surface area contributed by atoms with Crippen LogP contribution in [-0.2, 0) is 9.47 Å². The van der Waals surface area contributed by atoms with E-state index in [1.165, 1.54) is 4.90 Å². The van der Waals surface area contributed by atoms with Crippen molar-refractivity contribution in [2.45, 2.75) is 48.0 Å². The van der Waals surface area contributed by atoms with E-state index < -0.39 is 0 Å². The summed E-state index contributed by atoms with van der Waals surface area (Å²) in [6.45, 7) is 3.89. The quantitative estimate of drug-likeness (QED) is 0.814. The molecule has 0 aliphatic carbocycles. The van der Waals surface area contributed by atoms with Gasteiger partial charge in [0.25, 0.3) is 0 Å². The minimum absolute atomic E-state index is 0.0537. The zero-order valence-corrected chi connectivity index (χ0v) is 11.6. The number of hydrogen-bond donors (Lipinski definition) is 0. The molecule has 0 amide bonds. The first-order valence-corrected chi connectivity index (χ1v) is 7.64. The maximum atomic E-state index is 6.27. The Morgan fingerprint density at radius 3 is 2.61 bits per heavy atom. The predicted octanol–water partition coefficient (Wildman–Crippen LogP) is 3.51. The summed E-state index contributed by atoms with van der Waals surface area (Å²) in [5.41, 5.74) is 0.0537. The predicted molar refractivity (Wildman–Crippen MR) is 74.0 cm³/mol. The van der Waals surface area contributed by atoms with E-state index >= 15 is 0 Å². The molecule has 1 aromatic rings. The van der Waals surface area contributed by atoms with Crippen LogP contribution in [0.1, 0.15) is 26.2 Å². The zero-order chi connectivity index (χ0) is 12.4. The Hall–Kier alpha value is -0.510. The first kappa shape index (κ1) is 12.5. The fourth-order valence-electron chi connectivity index (χ4n) is 3.02. The van der Waals surface area contributed by atoms with E-state index in [0.717, 1.165) is 32.5 Å². The fourth-order valence-corrected chi connectivity index (χ4v) is 4.53. The van der Waals surface area contributed by atoms with Crippen molar-refractivity contribution in [1.82, 2.24) is 0 Å². The van der Waals surface area contributed by atoms with Gasteiger partial charge in [-0.25, -0.2) is 0 Å². The van der Waals surface area contributed by atoms with Crippen molar-refractivity contribution in [2.24, 2.45) is 0 Å². The molecule has 2 aliphatic heterocycles. The van der Waals surface area contributed by atoms with Crippen LogP contribution in [0.3, 0.4) is 0 Å². The van der Waals surface area contributed by atoms with Gasteiger partial charge in [0.15, 0.2) is 0 Å². The Morgan fingerprint density at radius 2 is 1.89 bits per heavy atom. The Balaban J connectivity index is 1.77. The first-order valence-electron chi connectivity index (χ1n) is 6.76. The minimum Gasteiger partial charge on any atom is -0.381 e. The molecule has 2 nitrogen and oxygen atoms in total. The highest BCUT2D eigenvalue weighted by atomic mass is 32.2. The van der Waals surface area contributed by atoms with Gasteiger partial charge in [0.1, 0.15) is 0 Å². The van der Waals surface area contributed by atoms with Gasteiger partial charge in [0.05, 0.1) is 11.7 Å². The second kappa shape index (κ2) is 5.24. The summed E-state index contributed by atoms with van der Waals surface area (Å²) in [7, 11) is 0. The summed E-state index contributed by atoms with van der Waals surface area (Å²) in [6.07, 6.45) is 3.62. The van der Waals surface area contributed by atoms with E-state index in [2.05, 4.69) is 37.3 Å². The highest BCUT2D eigenvalue weighted by Gasteiger charge is 2.48. The molecule has 3 rings (SSSR count). The molecule has 18 heavy (non-hydrogen) atoms. The average molecular weight is 264 g/mol. The second-order valence-corrected chi connectivity index (χ2v) is 6.54. The van der Waals surface area contributed by atoms with Gasteiger partial charge >= 0.3 is 0 Å². The summed E-state index contributed by atoms with van der Waals surface area (Å²) in [6, 6.07) is 10.7. The summed E-state index contributed by atoms with van der Waals surface area (Å²) < 4.78 is 11.8. The lowest BCUT2D eigenvalue weighted by Crippen LogP contribution is -2.43. The van der Waals surface area contributed by atoms with Crippen molar-refractivity contribution in [3.05, 3.63) is 30.3 Å². The summed E-state index contributed by atoms with van der Waals surface area (Å²) in [4.78, 5) is 1.35. The Morgan fingerprint density at radius 1 is 1.17 bits per heavy atom. The van der Waals surface area contributed by atoms with E-state index in [9.17, 15) is 0 Å². The lowest BCUT2D eigenvalue weighted by atomic mass is 9.90. The third kappa shape index (κ3) is 2.44. The van der Waals surface area contributed by atoms with Crippen LogP contribution >= 0.6 is 11.8 Å². The summed E-state index contributed by atoms with van der Waals surface area (Å²) >= 11 is 1.98. The average Bonchev–Trinajstić information content (AvgIpc) is 2.67. The van der Waals surface area contributed by atoms with Crippen LogP contribution in [0, 0.1) is 0 Å². The molecule has 2 aliphatic rings. The third-order valence-corrected chi connectivity index (χ3v) is 5.38. The van der Waals surface area contributed by atoms with Gasteiger partial charge in [-0.2, -0.15) is 0 Å². The molecule has 2 fully saturated rings. The number of benzene rings is 1. The number of hydrogen-bond acceptors (Lipinski definition) is 3. The number of ether oxygens (including phenoxy) is 2. The van der Waals surface area contributed by atoms with Gasteiger partial charge in [0.2, 0.25) is 0 Å². The van der Waals surface area contributed by atoms with Gasteiger partial charge < -0.3 is 9.47 Å². The maximum absolute atomic E-state index is 6.27. The smallest absolute Gasteiger partial charge is 0.0852 e. The first-order chi connectivity index (χ1) is 8.78. The zero-order valence-electron chi connectivity index (χ0n) is 10.8. The van der Waals surface area contributed by atoms with Crippen molar-refractivity contribution in [1.29, 1.82) is 0 Å². The van der Waals surface area contributed by atoms with Gasteiger partial charge in [0, 0.05) is 36.2 Å². The van der Waals surface area contributed by atoms with Crippen LogP contribution in [0.15, 0.2) is 35.2 Å². The third-order valence-electron chi connectivity index (χ3n) is 3.93. The molecular formula is C15H20O2S. The normalized spacial score (nSPS) is 30.7. The summed E-state index contributed by atoms with van der Waals surface area (Å²) in [5.74, 6) is 0. The van der Waals surface area contributed by atoms with Crippen molar-refractivity contribution >= 4 is 11.8 Å². The van der Waals surface area contributed by atoms with Crippen molar-refractivity contribution in [3.8, 4) is 0 Å². The molecule has 0 bridgehead atoms. The Bertz CT molecular complexity index is 387. The fraction of sp³-hybridized carbons (Fsp3) is 0.600. The van der Waals surface area contributed by atoms with Crippen molar-refractivity contribution < 1.29 is 9.47 Å². The molecule has 0 aromatic heterocycles. The van der Waals surface area contributed by atoms with Gasteiger partial charge in [-0.15, -0.1) is 11.8 Å². The second-order valence-electron chi connectivity index (χ2n) is 5.26. The molecule has 2 atom stereocenters. The molecule has 0 radical (unpaired) electrons. The largest absolute Gasteiger partial charge is 0.381 e. The number of rotatable bonds is 2. The molecule has 98 valence electrons. The standard InChI is InChI=1S/C15H20O2S/c1-12-11-14(18-13-5-3-2-4-6-13)15(17-12)7-9-16-10-8-15/h2-6,12,14H,7-11H2,1H3/t12-,14-/m1/s1. The molecule has 0 N–H and O–H groups in total. The van der Waals surface area contributed by atoms with Gasteiger partial charge in [-0.1, -0.05) is 18.2 Å². The molecule has 2 heterocycles. The van der Waals surface area contributed by atoms with Gasteiger partial charge in [-0.3, -0.25) is 0 Å². The van der Waals surface area contributed by atoms with Crippen molar-refractivity contribution in [3.63, 3.8) is 0 Å². The summed E-state index contributed by atoms with van der Waals surface area (Å²) in [5, 5.41) is 0.568. The molecule has 1 spiro atoms. The van der Waals surface area contributed by atoms with Gasteiger partial charge in [-0.05, 0) is 25.5 Å². The van der Waals surface area contributed by atoms with E-state index in [1.807, 2.05) is 11.8 Å². The van der Waals surface area contributed by atoms with Crippen LogP contribution in [0.25, 0.3) is 0 Å².